The van der Waals surface area contributed by atoms with Crippen molar-refractivity contribution in [3.05, 3.63) is 106 Å². The van der Waals surface area contributed by atoms with Crippen molar-refractivity contribution < 1.29 is 23.5 Å². The average Bonchev–Trinajstić information content (AvgIpc) is 3.77. The van der Waals surface area contributed by atoms with Crippen LogP contribution in [0.1, 0.15) is 89.8 Å². The lowest BCUT2D eigenvalue weighted by atomic mass is 9.80. The van der Waals surface area contributed by atoms with Gasteiger partial charge >= 0.3 is 6.09 Å². The Bertz CT molecular complexity index is 1790. The first-order valence-electron chi connectivity index (χ1n) is 15.5. The quantitative estimate of drug-likeness (QED) is 0.168. The molecule has 2 heterocycles. The minimum atomic E-state index is -1.06. The van der Waals surface area contributed by atoms with Crippen LogP contribution >= 0.6 is 0 Å². The molecule has 1 fully saturated rings. The molecule has 11 nitrogen and oxygen atoms in total. The number of ether oxygens (including phenoxy) is 1. The lowest BCUT2D eigenvalue weighted by molar-refractivity contribution is 0.0523. The van der Waals surface area contributed by atoms with E-state index < -0.39 is 34.9 Å². The van der Waals surface area contributed by atoms with E-state index in [0.717, 1.165) is 24.8 Å². The van der Waals surface area contributed by atoms with Crippen molar-refractivity contribution in [1.29, 1.82) is 0 Å². The minimum absolute atomic E-state index is 0.0452. The first-order valence-corrected chi connectivity index (χ1v) is 15.5. The molecule has 0 saturated heterocycles. The second-order valence-corrected chi connectivity index (χ2v) is 13.0. The number of anilines is 1. The lowest BCUT2D eigenvalue weighted by Crippen LogP contribution is -2.38. The number of aryl methyl sites for hydroxylation is 1. The third-order valence-electron chi connectivity index (χ3n) is 7.96. The Morgan fingerprint density at radius 1 is 1.04 bits per heavy atom. The van der Waals surface area contributed by atoms with Crippen LogP contribution in [0.15, 0.2) is 66.9 Å². The van der Waals surface area contributed by atoms with Crippen LogP contribution in [0.25, 0.3) is 5.69 Å². The number of hydrogen-bond acceptors (Lipinski definition) is 7. The highest BCUT2D eigenvalue weighted by Gasteiger charge is 2.34. The predicted molar refractivity (Wildman–Crippen MR) is 175 cm³/mol. The molecule has 47 heavy (non-hydrogen) atoms. The molecule has 6 N–H and O–H groups in total. The predicted octanol–water partition coefficient (Wildman–Crippen LogP) is 5.48. The number of nitrogens with two attached hydrogens (primary N) is 2. The Hall–Kier alpha value is -5.10. The molecule has 1 atom stereocenters. The number of rotatable bonds is 11. The Morgan fingerprint density at radius 2 is 1.79 bits per heavy atom. The summed E-state index contributed by atoms with van der Waals surface area (Å²) in [6, 6.07) is 16.5. The fourth-order valence-electron chi connectivity index (χ4n) is 5.33. The number of pyridine rings is 1. The Morgan fingerprint density at radius 3 is 2.45 bits per heavy atom. The number of hydrogen-bond donors (Lipinski definition) is 4. The summed E-state index contributed by atoms with van der Waals surface area (Å²) in [6.07, 6.45) is 4.66. The number of aromatic nitrogens is 3. The van der Waals surface area contributed by atoms with Crippen LogP contribution in [-0.4, -0.2) is 38.3 Å². The smallest absolute Gasteiger partial charge is 0.407 e. The van der Waals surface area contributed by atoms with Crippen molar-refractivity contribution in [2.45, 2.75) is 71.1 Å². The van der Waals surface area contributed by atoms with E-state index in [1.165, 1.54) is 23.0 Å². The molecule has 0 bridgehead atoms. The van der Waals surface area contributed by atoms with Gasteiger partial charge in [-0.05, 0) is 99.5 Å². The molecule has 12 heteroatoms. The zero-order chi connectivity index (χ0) is 33.9. The zero-order valence-electron chi connectivity index (χ0n) is 27.0. The first kappa shape index (κ1) is 33.3. The van der Waals surface area contributed by atoms with Gasteiger partial charge in [-0.15, -0.1) is 0 Å². The van der Waals surface area contributed by atoms with Crippen LogP contribution in [0.2, 0.25) is 0 Å². The SMILES string of the molecule is Cc1cc(C(=O)Nc2cc(C(N)(CCC3CC3)c3ccc(C(N)=O)nc3)ccc2F)n(-c2cccc(CNC(=O)OC(C)(C)C)c2)n1. The third kappa shape index (κ3) is 8.20. The lowest BCUT2D eigenvalue weighted by Gasteiger charge is -2.31. The van der Waals surface area contributed by atoms with Crippen molar-refractivity contribution in [2.75, 3.05) is 5.32 Å². The van der Waals surface area contributed by atoms with E-state index in [1.807, 2.05) is 6.07 Å². The van der Waals surface area contributed by atoms with Gasteiger partial charge in [0.1, 0.15) is 22.8 Å². The van der Waals surface area contributed by atoms with E-state index in [-0.39, 0.29) is 23.6 Å². The molecule has 1 saturated carbocycles. The number of nitrogens with one attached hydrogen (secondary N) is 2. The summed E-state index contributed by atoms with van der Waals surface area (Å²) in [7, 11) is 0. The molecule has 0 radical (unpaired) electrons. The molecule has 1 aliphatic carbocycles. The number of nitrogens with zero attached hydrogens (tertiary/aromatic N) is 3. The van der Waals surface area contributed by atoms with Crippen LogP contribution in [0, 0.1) is 18.7 Å². The molecular formula is C35H40FN7O4. The molecule has 0 spiro atoms. The third-order valence-corrected chi connectivity index (χ3v) is 7.96. The summed E-state index contributed by atoms with van der Waals surface area (Å²) in [4.78, 5) is 41.6. The number of carbonyl (C=O) groups is 3. The van der Waals surface area contributed by atoms with Gasteiger partial charge in [-0.1, -0.05) is 37.1 Å². The molecule has 1 aliphatic rings. The van der Waals surface area contributed by atoms with Gasteiger partial charge < -0.3 is 26.8 Å². The van der Waals surface area contributed by atoms with Gasteiger partial charge in [-0.2, -0.15) is 5.10 Å². The fourth-order valence-corrected chi connectivity index (χ4v) is 5.33. The van der Waals surface area contributed by atoms with E-state index in [0.29, 0.717) is 34.8 Å². The molecule has 2 aromatic heterocycles. The van der Waals surface area contributed by atoms with Crippen molar-refractivity contribution in [1.82, 2.24) is 20.1 Å². The van der Waals surface area contributed by atoms with Gasteiger partial charge in [0, 0.05) is 12.7 Å². The maximum absolute atomic E-state index is 15.3. The van der Waals surface area contributed by atoms with Crippen molar-refractivity contribution in [2.24, 2.45) is 17.4 Å². The maximum Gasteiger partial charge on any atom is 0.407 e. The van der Waals surface area contributed by atoms with Crippen molar-refractivity contribution in [3.8, 4) is 5.69 Å². The normalized spacial score (nSPS) is 14.3. The van der Waals surface area contributed by atoms with Gasteiger partial charge in [-0.3, -0.25) is 14.6 Å². The maximum atomic E-state index is 15.3. The van der Waals surface area contributed by atoms with Gasteiger partial charge in [0.05, 0.1) is 22.6 Å². The van der Waals surface area contributed by atoms with Crippen LogP contribution in [-0.2, 0) is 16.8 Å². The van der Waals surface area contributed by atoms with Crippen molar-refractivity contribution in [3.63, 3.8) is 0 Å². The molecule has 4 aromatic rings. The minimum Gasteiger partial charge on any atom is -0.444 e. The number of benzene rings is 2. The Labute approximate surface area is 272 Å². The topological polar surface area (TPSA) is 167 Å². The highest BCUT2D eigenvalue weighted by molar-refractivity contribution is 6.03. The second-order valence-electron chi connectivity index (χ2n) is 13.0. The number of carbonyl (C=O) groups excluding carboxylic acids is 3. The number of halogens is 1. The van der Waals surface area contributed by atoms with Gasteiger partial charge in [0.2, 0.25) is 0 Å². The highest BCUT2D eigenvalue weighted by Crippen LogP contribution is 2.40. The summed E-state index contributed by atoms with van der Waals surface area (Å²) in [6.45, 7) is 7.30. The van der Waals surface area contributed by atoms with Crippen LogP contribution in [0.3, 0.4) is 0 Å². The van der Waals surface area contributed by atoms with Gasteiger partial charge in [0.15, 0.2) is 0 Å². The molecule has 5 rings (SSSR count). The zero-order valence-corrected chi connectivity index (χ0v) is 27.0. The monoisotopic (exact) mass is 641 g/mol. The molecule has 1 unspecified atom stereocenters. The number of primary amides is 1. The van der Waals surface area contributed by atoms with E-state index in [2.05, 4.69) is 20.7 Å². The van der Waals surface area contributed by atoms with E-state index in [4.69, 9.17) is 16.2 Å². The largest absolute Gasteiger partial charge is 0.444 e. The van der Waals surface area contributed by atoms with Crippen LogP contribution in [0.4, 0.5) is 14.9 Å². The van der Waals surface area contributed by atoms with Crippen molar-refractivity contribution >= 4 is 23.6 Å². The Kier molecular flexibility index (Phi) is 9.43. The molecule has 3 amide bonds. The fraction of sp³-hybridized carbons (Fsp3) is 0.343. The summed E-state index contributed by atoms with van der Waals surface area (Å²) in [5.74, 6) is -1.29. The molecular weight excluding hydrogens is 601 g/mol. The summed E-state index contributed by atoms with van der Waals surface area (Å²) >= 11 is 0. The van der Waals surface area contributed by atoms with E-state index in [1.54, 1.807) is 70.2 Å². The summed E-state index contributed by atoms with van der Waals surface area (Å²) in [5.41, 5.74) is 14.1. The van der Waals surface area contributed by atoms with E-state index >= 15 is 4.39 Å². The molecule has 0 aliphatic heterocycles. The standard InChI is InChI=1S/C35H40FN7O4/c1-21-16-30(43(42-21)26-7-5-6-23(17-26)19-40-33(46)47-34(2,3)4)32(45)41-29-18-24(10-12-27(29)36)35(38,15-14-22-8-9-22)25-11-13-28(31(37)44)39-20-25/h5-7,10-13,16-18,20,22H,8-9,14-15,19,38H2,1-4H3,(H2,37,44)(H,40,46)(H,41,45). The van der Waals surface area contributed by atoms with Crippen LogP contribution < -0.4 is 22.1 Å². The van der Waals surface area contributed by atoms with Gasteiger partial charge in [-0.25, -0.2) is 13.9 Å². The molecule has 2 aromatic carbocycles. The van der Waals surface area contributed by atoms with Gasteiger partial charge in [0.25, 0.3) is 11.8 Å². The number of alkyl carbamates (subject to hydrolysis) is 1. The first-order chi connectivity index (χ1) is 22.2. The summed E-state index contributed by atoms with van der Waals surface area (Å²) < 4.78 is 22.0. The Balaban J connectivity index is 1.40. The van der Waals surface area contributed by atoms with E-state index in [9.17, 15) is 14.4 Å². The summed E-state index contributed by atoms with van der Waals surface area (Å²) in [5, 5.41) is 9.94. The number of amides is 3. The average molecular weight is 642 g/mol. The highest BCUT2D eigenvalue weighted by atomic mass is 19.1. The van der Waals surface area contributed by atoms with Crippen LogP contribution in [0.5, 0.6) is 0 Å². The second kappa shape index (κ2) is 13.3. The molecule has 246 valence electrons.